The van der Waals surface area contributed by atoms with Crippen molar-refractivity contribution in [3.63, 3.8) is 0 Å². The van der Waals surface area contributed by atoms with Crippen LogP contribution in [0.4, 0.5) is 0 Å². The first-order valence-electron chi connectivity index (χ1n) is 6.07. The van der Waals surface area contributed by atoms with E-state index in [9.17, 15) is 13.5 Å². The quantitative estimate of drug-likeness (QED) is 0.858. The lowest BCUT2D eigenvalue weighted by Crippen LogP contribution is -2.32. The van der Waals surface area contributed by atoms with Crippen LogP contribution in [0.2, 0.25) is 0 Å². The average molecular weight is 350 g/mol. The van der Waals surface area contributed by atoms with E-state index in [1.165, 1.54) is 6.07 Å². The average Bonchev–Trinajstić information content (AvgIpc) is 2.27. The Balaban J connectivity index is 2.65. The fourth-order valence-corrected chi connectivity index (χ4v) is 3.55. The highest BCUT2D eigenvalue weighted by Crippen LogP contribution is 2.22. The van der Waals surface area contributed by atoms with E-state index >= 15 is 0 Å². The van der Waals surface area contributed by atoms with E-state index in [1.807, 2.05) is 20.8 Å². The van der Waals surface area contributed by atoms with Crippen LogP contribution in [0.15, 0.2) is 33.6 Å². The molecular weight excluding hydrogens is 330 g/mol. The summed E-state index contributed by atoms with van der Waals surface area (Å²) in [5, 5.41) is 9.86. The number of sulfonamides is 1. The zero-order valence-corrected chi connectivity index (χ0v) is 13.8. The number of benzene rings is 1. The van der Waals surface area contributed by atoms with Gasteiger partial charge in [0.2, 0.25) is 10.0 Å². The number of hydrogen-bond donors (Lipinski definition) is 2. The van der Waals surface area contributed by atoms with E-state index in [0.717, 1.165) is 0 Å². The summed E-state index contributed by atoms with van der Waals surface area (Å²) in [4.78, 5) is 0.209. The van der Waals surface area contributed by atoms with Gasteiger partial charge in [-0.25, -0.2) is 13.1 Å². The molecule has 0 saturated heterocycles. The van der Waals surface area contributed by atoms with Gasteiger partial charge in [0.15, 0.2) is 0 Å². The van der Waals surface area contributed by atoms with Crippen LogP contribution in [0.1, 0.15) is 27.2 Å². The zero-order chi connectivity index (χ0) is 14.7. The summed E-state index contributed by atoms with van der Waals surface area (Å²) in [6.45, 7) is 5.96. The maximum atomic E-state index is 12.1. The van der Waals surface area contributed by atoms with Gasteiger partial charge in [-0.15, -0.1) is 0 Å². The summed E-state index contributed by atoms with van der Waals surface area (Å²) in [5.41, 5.74) is -0.251. The summed E-state index contributed by atoms with van der Waals surface area (Å²) in [6.07, 6.45) is -0.165. The molecule has 4 nitrogen and oxygen atoms in total. The Morgan fingerprint density at radius 3 is 2.42 bits per heavy atom. The molecule has 1 rings (SSSR count). The Hall–Kier alpha value is -0.430. The van der Waals surface area contributed by atoms with Crippen molar-refractivity contribution in [2.45, 2.75) is 38.2 Å². The monoisotopic (exact) mass is 349 g/mol. The second-order valence-electron chi connectivity index (χ2n) is 5.50. The van der Waals surface area contributed by atoms with E-state index < -0.39 is 16.1 Å². The first kappa shape index (κ1) is 16.6. The zero-order valence-electron chi connectivity index (χ0n) is 11.4. The molecule has 19 heavy (non-hydrogen) atoms. The smallest absolute Gasteiger partial charge is 0.241 e. The lowest BCUT2D eigenvalue weighted by atomic mass is 9.87. The summed E-state index contributed by atoms with van der Waals surface area (Å²) < 4.78 is 27.2. The van der Waals surface area contributed by atoms with E-state index in [4.69, 9.17) is 0 Å². The van der Waals surface area contributed by atoms with E-state index in [2.05, 4.69) is 20.7 Å². The second-order valence-corrected chi connectivity index (χ2v) is 8.09. The molecule has 1 aromatic carbocycles. The molecule has 1 unspecified atom stereocenters. The second kappa shape index (κ2) is 6.35. The van der Waals surface area contributed by atoms with Crippen LogP contribution in [-0.4, -0.2) is 26.2 Å². The van der Waals surface area contributed by atoms with Crippen molar-refractivity contribution >= 4 is 26.0 Å². The molecule has 108 valence electrons. The molecule has 6 heteroatoms. The highest BCUT2D eigenvalue weighted by Gasteiger charge is 2.23. The molecule has 0 bridgehead atoms. The normalized spacial score (nSPS) is 14.4. The van der Waals surface area contributed by atoms with Gasteiger partial charge in [0.25, 0.3) is 0 Å². The fourth-order valence-electron chi connectivity index (χ4n) is 1.50. The molecule has 0 spiro atoms. The van der Waals surface area contributed by atoms with Crippen molar-refractivity contribution in [1.82, 2.24) is 4.72 Å². The van der Waals surface area contributed by atoms with Crippen LogP contribution in [0.25, 0.3) is 0 Å². The van der Waals surface area contributed by atoms with Gasteiger partial charge >= 0.3 is 0 Å². The predicted molar refractivity (Wildman–Crippen MR) is 79.4 cm³/mol. The SMILES string of the molecule is CC(C)(C)C(O)CCNS(=O)(=O)c1ccccc1Br. The molecule has 0 aliphatic heterocycles. The fraction of sp³-hybridized carbons (Fsp3) is 0.538. The minimum absolute atomic E-state index is 0.209. The molecule has 0 aliphatic carbocycles. The number of halogens is 1. The summed E-state index contributed by atoms with van der Waals surface area (Å²) in [6, 6.07) is 6.64. The molecule has 0 heterocycles. The molecule has 0 saturated carbocycles. The van der Waals surface area contributed by atoms with Crippen molar-refractivity contribution in [2.24, 2.45) is 5.41 Å². The molecule has 0 fully saturated rings. The maximum absolute atomic E-state index is 12.1. The molecule has 1 aromatic rings. The topological polar surface area (TPSA) is 66.4 Å². The van der Waals surface area contributed by atoms with Crippen molar-refractivity contribution in [3.8, 4) is 0 Å². The molecule has 0 aliphatic rings. The minimum Gasteiger partial charge on any atom is -0.393 e. The molecule has 0 amide bonds. The van der Waals surface area contributed by atoms with Gasteiger partial charge in [-0.3, -0.25) is 0 Å². The third kappa shape index (κ3) is 4.87. The summed E-state index contributed by atoms with van der Waals surface area (Å²) in [5.74, 6) is 0. The van der Waals surface area contributed by atoms with Crippen molar-refractivity contribution in [3.05, 3.63) is 28.7 Å². The Kier molecular flexibility index (Phi) is 5.55. The minimum atomic E-state index is -3.54. The highest BCUT2D eigenvalue weighted by atomic mass is 79.9. The third-order valence-corrected chi connectivity index (χ3v) is 5.31. The lowest BCUT2D eigenvalue weighted by molar-refractivity contribution is 0.0571. The maximum Gasteiger partial charge on any atom is 0.241 e. The van der Waals surface area contributed by atoms with Gasteiger partial charge in [0, 0.05) is 11.0 Å². The van der Waals surface area contributed by atoms with E-state index in [-0.39, 0.29) is 16.9 Å². The van der Waals surface area contributed by atoms with E-state index in [1.54, 1.807) is 18.2 Å². The number of nitrogens with one attached hydrogen (secondary N) is 1. The number of aliphatic hydroxyl groups is 1. The molecule has 0 aromatic heterocycles. The van der Waals surface area contributed by atoms with Crippen LogP contribution in [0.5, 0.6) is 0 Å². The van der Waals surface area contributed by atoms with Crippen LogP contribution < -0.4 is 4.72 Å². The summed E-state index contributed by atoms with van der Waals surface area (Å²) in [7, 11) is -3.54. The highest BCUT2D eigenvalue weighted by molar-refractivity contribution is 9.10. The van der Waals surface area contributed by atoms with Gasteiger partial charge in [0.05, 0.1) is 11.0 Å². The van der Waals surface area contributed by atoms with Crippen molar-refractivity contribution in [1.29, 1.82) is 0 Å². The van der Waals surface area contributed by atoms with Gasteiger partial charge in [-0.2, -0.15) is 0 Å². The van der Waals surface area contributed by atoms with Crippen molar-refractivity contribution in [2.75, 3.05) is 6.54 Å². The van der Waals surface area contributed by atoms with Gasteiger partial charge in [0.1, 0.15) is 0 Å². The first-order valence-corrected chi connectivity index (χ1v) is 8.34. The van der Waals surface area contributed by atoms with Crippen LogP contribution >= 0.6 is 15.9 Å². The predicted octanol–water partition coefficient (Wildman–Crippen LogP) is 2.52. The third-order valence-electron chi connectivity index (χ3n) is 2.84. The van der Waals surface area contributed by atoms with Gasteiger partial charge in [-0.05, 0) is 39.9 Å². The lowest BCUT2D eigenvalue weighted by Gasteiger charge is -2.25. The summed E-state index contributed by atoms with van der Waals surface area (Å²) >= 11 is 3.22. The Bertz CT molecular complexity index is 523. The molecule has 2 N–H and O–H groups in total. The Morgan fingerprint density at radius 2 is 1.89 bits per heavy atom. The van der Waals surface area contributed by atoms with Crippen LogP contribution in [-0.2, 0) is 10.0 Å². The van der Waals surface area contributed by atoms with Gasteiger partial charge in [-0.1, -0.05) is 32.9 Å². The largest absolute Gasteiger partial charge is 0.393 e. The standard InChI is InChI=1S/C13H20BrNO3S/c1-13(2,3)12(16)8-9-15-19(17,18)11-7-5-4-6-10(11)14/h4-7,12,15-16H,8-9H2,1-3H3. The number of rotatable bonds is 5. The first-order chi connectivity index (χ1) is 8.64. The Labute approximate surface area is 123 Å². The molecule has 1 atom stereocenters. The number of aliphatic hydroxyl groups excluding tert-OH is 1. The van der Waals surface area contributed by atoms with Crippen LogP contribution in [0, 0.1) is 5.41 Å². The van der Waals surface area contributed by atoms with Crippen molar-refractivity contribution < 1.29 is 13.5 Å². The number of hydrogen-bond acceptors (Lipinski definition) is 3. The molecular formula is C13H20BrNO3S. The van der Waals surface area contributed by atoms with Crippen LogP contribution in [0.3, 0.4) is 0 Å². The van der Waals surface area contributed by atoms with E-state index in [0.29, 0.717) is 10.9 Å². The Morgan fingerprint density at radius 1 is 1.32 bits per heavy atom. The van der Waals surface area contributed by atoms with Gasteiger partial charge < -0.3 is 5.11 Å². The molecule has 0 radical (unpaired) electrons.